The van der Waals surface area contributed by atoms with E-state index in [1.54, 1.807) is 40.2 Å². The normalized spacial score (nSPS) is 23.5. The second-order valence-electron chi connectivity index (χ2n) is 17.1. The fourth-order valence-electron chi connectivity index (χ4n) is 10.0. The van der Waals surface area contributed by atoms with E-state index in [1.807, 2.05) is 37.5 Å². The summed E-state index contributed by atoms with van der Waals surface area (Å²) in [6, 6.07) is 15.7. The number of pyridine rings is 1. The summed E-state index contributed by atoms with van der Waals surface area (Å²) in [4.78, 5) is 73.5. The lowest BCUT2D eigenvalue weighted by Crippen LogP contribution is -2.60. The molecule has 2 aliphatic carbocycles. The van der Waals surface area contributed by atoms with E-state index in [0.717, 1.165) is 109 Å². The van der Waals surface area contributed by atoms with Crippen LogP contribution in [0.3, 0.4) is 0 Å². The van der Waals surface area contributed by atoms with Crippen molar-refractivity contribution < 1.29 is 24.0 Å². The van der Waals surface area contributed by atoms with Crippen LogP contribution < -0.4 is 20.9 Å². The molecule has 7 heterocycles. The predicted molar refractivity (Wildman–Crippen MR) is 229 cm³/mol. The van der Waals surface area contributed by atoms with Crippen LogP contribution in [0.2, 0.25) is 0 Å². The van der Waals surface area contributed by atoms with Gasteiger partial charge in [-0.3, -0.25) is 39.2 Å². The lowest BCUT2D eigenvalue weighted by atomic mass is 9.82. The number of Topliss-reactive ketones (excluding diaryl/α,β-unsaturated/α-hetero) is 2. The summed E-state index contributed by atoms with van der Waals surface area (Å²) in [7, 11) is 1.87. The molecule has 17 heteroatoms. The number of aromatic nitrogens is 5. The Hall–Kier alpha value is -6.38. The van der Waals surface area contributed by atoms with Gasteiger partial charge in [-0.1, -0.05) is 11.3 Å². The maximum absolute atomic E-state index is 13.4. The molecule has 0 spiro atoms. The van der Waals surface area contributed by atoms with Crippen molar-refractivity contribution in [2.75, 3.05) is 43.4 Å². The van der Waals surface area contributed by atoms with Gasteiger partial charge in [0.25, 0.3) is 0 Å². The third kappa shape index (κ3) is 7.20. The van der Waals surface area contributed by atoms with Gasteiger partial charge in [-0.2, -0.15) is 10.4 Å². The molecule has 1 saturated carbocycles. The largest absolute Gasteiger partial charge is 0.387 e. The first-order chi connectivity index (χ1) is 30.1. The van der Waals surface area contributed by atoms with Crippen LogP contribution >= 0.6 is 11.3 Å². The van der Waals surface area contributed by atoms with Gasteiger partial charge in [-0.25, -0.2) is 4.52 Å². The number of nitrogens with zero attached hydrogens (tertiary/aromatic N) is 8. The van der Waals surface area contributed by atoms with Gasteiger partial charge in [0.1, 0.15) is 11.1 Å². The van der Waals surface area contributed by atoms with E-state index in [1.165, 1.54) is 0 Å². The number of hydrogen-bond donors (Lipinski definition) is 3. The smallest absolute Gasteiger partial charge is 0.230 e. The van der Waals surface area contributed by atoms with Crippen LogP contribution in [0.15, 0.2) is 54.9 Å². The van der Waals surface area contributed by atoms with E-state index < -0.39 is 17.7 Å². The van der Waals surface area contributed by atoms with E-state index in [0.29, 0.717) is 22.7 Å². The first kappa shape index (κ1) is 39.7. The van der Waals surface area contributed by atoms with Crippen LogP contribution in [0.4, 0.5) is 11.4 Å². The molecule has 0 radical (unpaired) electrons. The Balaban J connectivity index is 0.681. The van der Waals surface area contributed by atoms with Crippen molar-refractivity contribution in [1.82, 2.24) is 40.3 Å². The van der Waals surface area contributed by atoms with E-state index in [-0.39, 0.29) is 54.1 Å². The number of nitrogens with one attached hydrogen (secondary N) is 3. The van der Waals surface area contributed by atoms with Crippen molar-refractivity contribution in [3.05, 3.63) is 76.6 Å². The highest BCUT2D eigenvalue weighted by Crippen LogP contribution is 2.40. The van der Waals surface area contributed by atoms with Crippen molar-refractivity contribution in [3.63, 3.8) is 0 Å². The van der Waals surface area contributed by atoms with Gasteiger partial charge >= 0.3 is 0 Å². The van der Waals surface area contributed by atoms with Crippen molar-refractivity contribution >= 4 is 57.5 Å². The zero-order chi connectivity index (χ0) is 42.6. The third-order valence-electron chi connectivity index (χ3n) is 13.6. The van der Waals surface area contributed by atoms with Crippen molar-refractivity contribution in [2.45, 2.75) is 69.4 Å². The highest BCUT2D eigenvalue weighted by atomic mass is 32.1. The van der Waals surface area contributed by atoms with E-state index in [9.17, 15) is 29.2 Å². The number of rotatable bonds is 9. The number of piperidine rings is 2. The summed E-state index contributed by atoms with van der Waals surface area (Å²) in [6.07, 6.45) is 9.21. The number of hydrogen-bond acceptors (Lipinski definition) is 14. The first-order valence-corrected chi connectivity index (χ1v) is 22.2. The molecule has 4 aromatic heterocycles. The van der Waals surface area contributed by atoms with Gasteiger partial charge in [0.2, 0.25) is 17.7 Å². The number of anilines is 2. The molecule has 0 bridgehead atoms. The summed E-state index contributed by atoms with van der Waals surface area (Å²) in [5.41, 5.74) is 6.25. The molecular weight excluding hydrogens is 807 g/mol. The Morgan fingerprint density at radius 1 is 0.887 bits per heavy atom. The fraction of sp³-hybridized carbons (Fsp3) is 0.422. The van der Waals surface area contributed by atoms with Crippen LogP contribution in [0.1, 0.15) is 88.6 Å². The maximum atomic E-state index is 13.4. The van der Waals surface area contributed by atoms with Gasteiger partial charge in [-0.15, -0.1) is 10.2 Å². The number of carbonyl (C=O) groups excluding carboxylic acids is 5. The molecule has 1 aromatic carbocycles. The van der Waals surface area contributed by atoms with Gasteiger partial charge in [0, 0.05) is 86.3 Å². The van der Waals surface area contributed by atoms with Crippen molar-refractivity contribution in [3.8, 4) is 28.0 Å². The second-order valence-corrected chi connectivity index (χ2v) is 18.2. The molecule has 4 fully saturated rings. The summed E-state index contributed by atoms with van der Waals surface area (Å²) in [6.45, 7) is 3.10. The van der Waals surface area contributed by atoms with Gasteiger partial charge in [0.15, 0.2) is 16.6 Å². The highest BCUT2D eigenvalue weighted by molar-refractivity contribution is 7.14. The standard InChI is InChI=1S/C45H45N11O5S/c1-47-35-18-36(37-10-7-30-16-24(19-46)20-49-56(30)37)48-21-34(35)45-53-52-44(62-45)25-2-4-27(5-3-25)50-42(60)26-22-55(23-26)28-12-14-54(15-13-28)29-6-8-31-33(17-29)41(59)39(40(31)58)32-9-11-38(57)51-43(32)61/h6-8,10,16-18,20-21,25-28,32,39H,2-5,9,11-15,22-23H2,1H3,(H,47,48)(H,50,60)(H,51,57,61)/t25-,27-,32?,39?. The molecule has 62 heavy (non-hydrogen) atoms. The number of benzene rings is 1. The van der Waals surface area contributed by atoms with Gasteiger partial charge < -0.3 is 15.5 Å². The van der Waals surface area contributed by atoms with Crippen molar-refractivity contribution in [2.24, 2.45) is 17.8 Å². The SMILES string of the molecule is CNc1cc(-c2ccc3cc(C#N)cnn23)ncc1-c1nnc([C@H]2CC[C@H](NC(=O)C3CN(C4CCN(c5ccc6c(c5)C(=O)C(C5CCC(=O)NC5=O)C6=O)CC4)C3)CC2)s1. The molecule has 3 aliphatic heterocycles. The Labute approximate surface area is 361 Å². The Kier molecular flexibility index (Phi) is 10.3. The minimum Gasteiger partial charge on any atom is -0.387 e. The van der Waals surface area contributed by atoms with Crippen molar-refractivity contribution in [1.29, 1.82) is 5.26 Å². The number of amides is 3. The predicted octanol–water partition coefficient (Wildman–Crippen LogP) is 4.62. The van der Waals surface area contributed by atoms with Crippen LogP contribution in [-0.2, 0) is 14.4 Å². The lowest BCUT2D eigenvalue weighted by Gasteiger charge is -2.47. The lowest BCUT2D eigenvalue weighted by molar-refractivity contribution is -0.137. The quantitative estimate of drug-likeness (QED) is 0.137. The van der Waals surface area contributed by atoms with Crippen LogP contribution in [0, 0.1) is 29.1 Å². The van der Waals surface area contributed by atoms with Crippen LogP contribution in [0.25, 0.3) is 27.5 Å². The van der Waals surface area contributed by atoms with E-state index >= 15 is 0 Å². The maximum Gasteiger partial charge on any atom is 0.230 e. The zero-order valence-electron chi connectivity index (χ0n) is 34.2. The zero-order valence-corrected chi connectivity index (χ0v) is 35.0. The number of fused-ring (bicyclic) bond motifs is 2. The number of ketones is 2. The molecule has 2 atom stereocenters. The molecule has 3 N–H and O–H groups in total. The van der Waals surface area contributed by atoms with Gasteiger partial charge in [-0.05, 0) is 87.4 Å². The average molecular weight is 852 g/mol. The minimum absolute atomic E-state index is 0.0143. The highest BCUT2D eigenvalue weighted by Gasteiger charge is 2.48. The van der Waals surface area contributed by atoms with E-state index in [2.05, 4.69) is 47.1 Å². The Morgan fingerprint density at radius 2 is 1.68 bits per heavy atom. The monoisotopic (exact) mass is 851 g/mol. The number of nitriles is 1. The average Bonchev–Trinajstić information content (AvgIpc) is 4.00. The summed E-state index contributed by atoms with van der Waals surface area (Å²) in [5, 5.41) is 33.6. The molecule has 5 aromatic rings. The molecular formula is C45H45N11O5S. The number of likely N-dealkylation sites (tertiary alicyclic amines) is 1. The second kappa shape index (κ2) is 16.1. The number of carbonyl (C=O) groups is 5. The summed E-state index contributed by atoms with van der Waals surface area (Å²) in [5.74, 6) is -3.06. The third-order valence-corrected chi connectivity index (χ3v) is 14.7. The molecule has 10 rings (SSSR count). The molecule has 316 valence electrons. The minimum atomic E-state index is -1.07. The molecule has 5 aliphatic rings. The topological polar surface area (TPSA) is 208 Å². The molecule has 3 amide bonds. The molecule has 16 nitrogen and oxygen atoms in total. The Bertz CT molecular complexity index is 2680. The first-order valence-electron chi connectivity index (χ1n) is 21.4. The van der Waals surface area contributed by atoms with Gasteiger partial charge in [0.05, 0.1) is 52.0 Å². The fourth-order valence-corrected chi connectivity index (χ4v) is 11.0. The molecule has 2 unspecified atom stereocenters. The van der Waals surface area contributed by atoms with E-state index in [4.69, 9.17) is 4.98 Å². The Morgan fingerprint density at radius 3 is 2.44 bits per heavy atom. The number of imide groups is 1. The molecule has 3 saturated heterocycles. The summed E-state index contributed by atoms with van der Waals surface area (Å²) < 4.78 is 1.78. The van der Waals surface area contributed by atoms with Crippen LogP contribution in [-0.4, -0.2) is 104 Å². The van der Waals surface area contributed by atoms with Crippen LogP contribution in [0.5, 0.6) is 0 Å². The summed E-state index contributed by atoms with van der Waals surface area (Å²) >= 11 is 1.59.